The fourth-order valence-corrected chi connectivity index (χ4v) is 5.02. The Kier molecular flexibility index (Phi) is 6.99. The van der Waals surface area contributed by atoms with Gasteiger partial charge in [-0.2, -0.15) is 0 Å². The summed E-state index contributed by atoms with van der Waals surface area (Å²) in [4.78, 5) is 20.1. The van der Waals surface area contributed by atoms with Crippen LogP contribution in [-0.2, 0) is 4.79 Å². The zero-order chi connectivity index (χ0) is 26.3. The van der Waals surface area contributed by atoms with Crippen LogP contribution in [0.15, 0.2) is 36.9 Å². The van der Waals surface area contributed by atoms with Crippen LogP contribution in [0.1, 0.15) is 66.1 Å². The molecule has 1 aromatic carbocycles. The summed E-state index contributed by atoms with van der Waals surface area (Å²) in [7, 11) is 1.66. The molecule has 0 N–H and O–H groups in total. The molecule has 0 aliphatic carbocycles. The summed E-state index contributed by atoms with van der Waals surface area (Å²) >= 11 is 0. The lowest BCUT2D eigenvalue weighted by Gasteiger charge is -2.31. The number of ether oxygens (including phenoxy) is 1. The second-order valence-electron chi connectivity index (χ2n) is 12.3. The van der Waals surface area contributed by atoms with Crippen molar-refractivity contribution in [2.45, 2.75) is 67.3 Å². The molecule has 1 aliphatic heterocycles. The minimum atomic E-state index is -0.365. The number of carbonyl (C=O) groups is 1. The van der Waals surface area contributed by atoms with Crippen molar-refractivity contribution in [3.05, 3.63) is 42.6 Å². The first-order valence-corrected chi connectivity index (χ1v) is 12.8. The SMILES string of the molecule is COc1cc(-c2cn(C3CC(C(C)(C)C)CCN(CC(C)(C)C)C3=O)nn2)ccc1-n1cnc(C)c1. The van der Waals surface area contributed by atoms with Gasteiger partial charge in [-0.1, -0.05) is 52.8 Å². The number of methoxy groups -OCH3 is 1. The van der Waals surface area contributed by atoms with Crippen molar-refractivity contribution < 1.29 is 9.53 Å². The van der Waals surface area contributed by atoms with E-state index in [0.717, 1.165) is 42.9 Å². The molecule has 1 amide bonds. The molecule has 0 bridgehead atoms. The van der Waals surface area contributed by atoms with Gasteiger partial charge in [-0.05, 0) is 48.6 Å². The van der Waals surface area contributed by atoms with Crippen LogP contribution in [0.2, 0.25) is 0 Å². The molecular weight excluding hydrogens is 452 g/mol. The van der Waals surface area contributed by atoms with Gasteiger partial charge in [-0.3, -0.25) is 4.79 Å². The van der Waals surface area contributed by atoms with Crippen molar-refractivity contribution in [1.29, 1.82) is 0 Å². The fraction of sp³-hybridized carbons (Fsp3) is 0.571. The normalized spacial score (nSPS) is 19.4. The number of benzene rings is 1. The standard InChI is InChI=1S/C28H40N6O2/c1-19-15-33(18-29-19)23-10-9-20(13-25(23)36-8)22-16-34(31-30-22)24-14-21(28(5,6)7)11-12-32(26(24)35)17-27(2,3)4/h9-10,13,15-16,18,21,24H,11-12,14,17H2,1-8H3. The Labute approximate surface area is 214 Å². The highest BCUT2D eigenvalue weighted by Gasteiger charge is 2.38. The van der Waals surface area contributed by atoms with Crippen molar-refractivity contribution in [3.8, 4) is 22.7 Å². The van der Waals surface area contributed by atoms with Crippen molar-refractivity contribution in [3.63, 3.8) is 0 Å². The zero-order valence-electron chi connectivity index (χ0n) is 22.9. The van der Waals surface area contributed by atoms with Crippen LogP contribution in [0.3, 0.4) is 0 Å². The summed E-state index contributed by atoms with van der Waals surface area (Å²) in [5, 5.41) is 8.92. The molecule has 0 spiro atoms. The van der Waals surface area contributed by atoms with Gasteiger partial charge in [0.15, 0.2) is 0 Å². The van der Waals surface area contributed by atoms with E-state index in [4.69, 9.17) is 4.74 Å². The number of rotatable bonds is 5. The van der Waals surface area contributed by atoms with E-state index in [-0.39, 0.29) is 22.8 Å². The Morgan fingerprint density at radius 3 is 2.47 bits per heavy atom. The minimum absolute atomic E-state index is 0.0292. The summed E-state index contributed by atoms with van der Waals surface area (Å²) in [6.07, 6.45) is 7.39. The molecule has 8 heteroatoms. The monoisotopic (exact) mass is 492 g/mol. The third kappa shape index (κ3) is 5.63. The first-order valence-electron chi connectivity index (χ1n) is 12.8. The van der Waals surface area contributed by atoms with Gasteiger partial charge in [-0.15, -0.1) is 5.10 Å². The maximum atomic E-state index is 13.8. The largest absolute Gasteiger partial charge is 0.495 e. The molecule has 36 heavy (non-hydrogen) atoms. The molecule has 194 valence electrons. The molecule has 3 heterocycles. The first-order chi connectivity index (χ1) is 16.9. The lowest BCUT2D eigenvalue weighted by atomic mass is 9.76. The second-order valence-corrected chi connectivity index (χ2v) is 12.3. The predicted molar refractivity (Wildman–Crippen MR) is 141 cm³/mol. The van der Waals surface area contributed by atoms with Gasteiger partial charge >= 0.3 is 0 Å². The summed E-state index contributed by atoms with van der Waals surface area (Å²) < 4.78 is 9.39. The maximum absolute atomic E-state index is 13.8. The molecule has 8 nitrogen and oxygen atoms in total. The smallest absolute Gasteiger partial charge is 0.247 e. The molecule has 2 unspecified atom stereocenters. The van der Waals surface area contributed by atoms with Crippen LogP contribution in [0, 0.1) is 23.7 Å². The van der Waals surface area contributed by atoms with Gasteiger partial charge in [0.1, 0.15) is 17.5 Å². The third-order valence-electron chi connectivity index (χ3n) is 7.04. The predicted octanol–water partition coefficient (Wildman–Crippen LogP) is 5.32. The number of aryl methyl sites for hydroxylation is 1. The van der Waals surface area contributed by atoms with E-state index in [2.05, 4.69) is 56.8 Å². The number of amides is 1. The molecule has 3 aromatic rings. The van der Waals surface area contributed by atoms with E-state index in [9.17, 15) is 4.79 Å². The van der Waals surface area contributed by atoms with Gasteiger partial charge < -0.3 is 14.2 Å². The fourth-order valence-electron chi connectivity index (χ4n) is 5.02. The van der Waals surface area contributed by atoms with E-state index in [1.165, 1.54) is 0 Å². The van der Waals surface area contributed by atoms with E-state index < -0.39 is 0 Å². The zero-order valence-corrected chi connectivity index (χ0v) is 22.9. The van der Waals surface area contributed by atoms with Gasteiger partial charge in [0.2, 0.25) is 5.91 Å². The van der Waals surface area contributed by atoms with Crippen LogP contribution in [0.4, 0.5) is 0 Å². The summed E-state index contributed by atoms with van der Waals surface area (Å²) in [6, 6.07) is 5.58. The Morgan fingerprint density at radius 2 is 1.86 bits per heavy atom. The average molecular weight is 493 g/mol. The Morgan fingerprint density at radius 1 is 1.11 bits per heavy atom. The second kappa shape index (κ2) is 9.71. The number of aromatic nitrogens is 5. The Bertz CT molecular complexity index is 1210. The lowest BCUT2D eigenvalue weighted by Crippen LogP contribution is -2.41. The van der Waals surface area contributed by atoms with Crippen molar-refractivity contribution in [2.75, 3.05) is 20.2 Å². The van der Waals surface area contributed by atoms with Crippen LogP contribution in [0.5, 0.6) is 5.75 Å². The van der Waals surface area contributed by atoms with E-state index in [1.54, 1.807) is 18.1 Å². The van der Waals surface area contributed by atoms with E-state index >= 15 is 0 Å². The van der Waals surface area contributed by atoms with E-state index in [0.29, 0.717) is 17.4 Å². The average Bonchev–Trinajstić information content (AvgIpc) is 3.42. The van der Waals surface area contributed by atoms with Crippen molar-refractivity contribution in [2.24, 2.45) is 16.7 Å². The molecule has 1 aliphatic rings. The number of imidazole rings is 1. The van der Waals surface area contributed by atoms with Crippen LogP contribution >= 0.6 is 0 Å². The van der Waals surface area contributed by atoms with Gasteiger partial charge in [0.25, 0.3) is 0 Å². The highest BCUT2D eigenvalue weighted by Crippen LogP contribution is 2.39. The van der Waals surface area contributed by atoms with Crippen molar-refractivity contribution >= 4 is 5.91 Å². The summed E-state index contributed by atoms with van der Waals surface area (Å²) in [5.74, 6) is 1.26. The van der Waals surface area contributed by atoms with Crippen LogP contribution < -0.4 is 4.74 Å². The number of hydrogen-bond donors (Lipinski definition) is 0. The highest BCUT2D eigenvalue weighted by molar-refractivity contribution is 5.81. The van der Waals surface area contributed by atoms with Gasteiger partial charge in [0.05, 0.1) is 31.0 Å². The van der Waals surface area contributed by atoms with Gasteiger partial charge in [0, 0.05) is 24.8 Å². The molecule has 2 atom stereocenters. The molecule has 1 fully saturated rings. The first kappa shape index (κ1) is 25.9. The number of carbonyl (C=O) groups excluding carboxylic acids is 1. The quantitative estimate of drug-likeness (QED) is 0.482. The number of hydrogen-bond acceptors (Lipinski definition) is 5. The molecule has 0 radical (unpaired) electrons. The lowest BCUT2D eigenvalue weighted by molar-refractivity contribution is -0.135. The molecule has 2 aromatic heterocycles. The Balaban J connectivity index is 1.66. The minimum Gasteiger partial charge on any atom is -0.495 e. The number of likely N-dealkylation sites (tertiary alicyclic amines) is 1. The highest BCUT2D eigenvalue weighted by atomic mass is 16.5. The third-order valence-corrected chi connectivity index (χ3v) is 7.04. The van der Waals surface area contributed by atoms with Crippen molar-refractivity contribution in [1.82, 2.24) is 29.4 Å². The number of nitrogens with zero attached hydrogens (tertiary/aromatic N) is 6. The topological polar surface area (TPSA) is 78.1 Å². The Hall–Kier alpha value is -3.16. The maximum Gasteiger partial charge on any atom is 0.247 e. The van der Waals surface area contributed by atoms with Gasteiger partial charge in [-0.25, -0.2) is 9.67 Å². The molecular formula is C28H40N6O2. The van der Waals surface area contributed by atoms with Crippen LogP contribution in [0.25, 0.3) is 16.9 Å². The summed E-state index contributed by atoms with van der Waals surface area (Å²) in [5.41, 5.74) is 3.58. The molecule has 0 saturated carbocycles. The summed E-state index contributed by atoms with van der Waals surface area (Å²) in [6.45, 7) is 16.8. The van der Waals surface area contributed by atoms with E-state index in [1.807, 2.05) is 47.0 Å². The molecule has 4 rings (SSSR count). The molecule has 1 saturated heterocycles. The van der Waals surface area contributed by atoms with Crippen LogP contribution in [-0.4, -0.2) is 55.6 Å².